The molecular weight excluding hydrogens is 292 g/mol. The third-order valence-electron chi connectivity index (χ3n) is 3.03. The van der Waals surface area contributed by atoms with Crippen molar-refractivity contribution in [2.75, 3.05) is 13.6 Å². The molecule has 0 amide bonds. The Balaban J connectivity index is 2.09. The van der Waals surface area contributed by atoms with E-state index in [4.69, 9.17) is 4.42 Å². The summed E-state index contributed by atoms with van der Waals surface area (Å²) in [6.07, 6.45) is 2.86. The predicted octanol–water partition coefficient (Wildman–Crippen LogP) is 1.04. The maximum Gasteiger partial charge on any atom is 0.244 e. The molecule has 0 spiro atoms. The number of hydrogen-bond donors (Lipinski definition) is 2. The molecule has 7 nitrogen and oxygen atoms in total. The van der Waals surface area contributed by atoms with Crippen molar-refractivity contribution in [3.8, 4) is 0 Å². The summed E-state index contributed by atoms with van der Waals surface area (Å²) in [5.41, 5.74) is 0. The topological polar surface area (TPSA) is 89.2 Å². The number of furan rings is 1. The van der Waals surface area contributed by atoms with Gasteiger partial charge in [-0.3, -0.25) is 4.68 Å². The molecule has 2 heterocycles. The van der Waals surface area contributed by atoms with Crippen LogP contribution in [0, 0.1) is 6.92 Å². The minimum absolute atomic E-state index is 0.147. The van der Waals surface area contributed by atoms with E-state index in [0.29, 0.717) is 12.3 Å². The molecule has 0 aliphatic carbocycles. The van der Waals surface area contributed by atoms with Gasteiger partial charge in [-0.25, -0.2) is 13.1 Å². The van der Waals surface area contributed by atoms with Crippen LogP contribution in [0.1, 0.15) is 24.5 Å². The molecule has 2 aromatic rings. The average Bonchev–Trinajstić information content (AvgIpc) is 3.05. The lowest BCUT2D eigenvalue weighted by Crippen LogP contribution is -2.26. The molecule has 0 saturated heterocycles. The zero-order valence-corrected chi connectivity index (χ0v) is 13.1. The standard InChI is InChI=1S/C13H20N4O3S/c1-10-4-5-13(20-10)11(2)16-21(18,19)12-8-15-17(9-12)7-6-14-3/h4-5,8-9,11,14,16H,6-7H2,1-3H3. The van der Waals surface area contributed by atoms with E-state index in [1.54, 1.807) is 23.7 Å². The fraction of sp³-hybridized carbons (Fsp3) is 0.462. The third-order valence-corrected chi connectivity index (χ3v) is 4.53. The van der Waals surface area contributed by atoms with Crippen LogP contribution in [0.25, 0.3) is 0 Å². The van der Waals surface area contributed by atoms with Crippen LogP contribution < -0.4 is 10.0 Å². The number of aromatic nitrogens is 2. The van der Waals surface area contributed by atoms with Crippen molar-refractivity contribution < 1.29 is 12.8 Å². The summed E-state index contributed by atoms with van der Waals surface area (Å²) < 4.78 is 34.2. The van der Waals surface area contributed by atoms with Crippen molar-refractivity contribution in [1.29, 1.82) is 0 Å². The second kappa shape index (κ2) is 6.42. The first kappa shape index (κ1) is 15.7. The highest BCUT2D eigenvalue weighted by Gasteiger charge is 2.21. The molecule has 0 radical (unpaired) electrons. The van der Waals surface area contributed by atoms with Crippen LogP contribution in [0.3, 0.4) is 0 Å². The molecule has 2 N–H and O–H groups in total. The summed E-state index contributed by atoms with van der Waals surface area (Å²) in [4.78, 5) is 0.147. The fourth-order valence-corrected chi connectivity index (χ4v) is 3.04. The van der Waals surface area contributed by atoms with Crippen LogP contribution in [-0.2, 0) is 16.6 Å². The lowest BCUT2D eigenvalue weighted by molar-refractivity contribution is 0.441. The van der Waals surface area contributed by atoms with Gasteiger partial charge in [0.15, 0.2) is 0 Å². The summed E-state index contributed by atoms with van der Waals surface area (Å²) in [6, 6.07) is 3.12. The van der Waals surface area contributed by atoms with E-state index in [1.165, 1.54) is 12.4 Å². The molecule has 1 atom stereocenters. The van der Waals surface area contributed by atoms with Gasteiger partial charge in [-0.05, 0) is 33.0 Å². The molecular formula is C13H20N4O3S. The third kappa shape index (κ3) is 3.93. The SMILES string of the molecule is CNCCn1cc(S(=O)(=O)NC(C)c2ccc(C)o2)cn1. The monoisotopic (exact) mass is 312 g/mol. The van der Waals surface area contributed by atoms with E-state index in [0.717, 1.165) is 12.3 Å². The van der Waals surface area contributed by atoms with E-state index in [2.05, 4.69) is 15.1 Å². The number of hydrogen-bond acceptors (Lipinski definition) is 5. The lowest BCUT2D eigenvalue weighted by Gasteiger charge is -2.10. The summed E-state index contributed by atoms with van der Waals surface area (Å²) in [6.45, 7) is 4.88. The summed E-state index contributed by atoms with van der Waals surface area (Å²) in [5, 5.41) is 7.02. The van der Waals surface area contributed by atoms with Crippen LogP contribution in [0.2, 0.25) is 0 Å². The molecule has 0 aliphatic heterocycles. The first-order valence-electron chi connectivity index (χ1n) is 6.68. The van der Waals surface area contributed by atoms with E-state index >= 15 is 0 Å². The molecule has 0 aliphatic rings. The number of aryl methyl sites for hydroxylation is 1. The first-order valence-corrected chi connectivity index (χ1v) is 8.16. The maximum absolute atomic E-state index is 12.3. The van der Waals surface area contributed by atoms with Crippen molar-refractivity contribution in [3.63, 3.8) is 0 Å². The average molecular weight is 312 g/mol. The van der Waals surface area contributed by atoms with Gasteiger partial charge >= 0.3 is 0 Å². The van der Waals surface area contributed by atoms with Gasteiger partial charge in [-0.15, -0.1) is 0 Å². The molecule has 8 heteroatoms. The zero-order valence-electron chi connectivity index (χ0n) is 12.3. The van der Waals surface area contributed by atoms with Gasteiger partial charge in [-0.2, -0.15) is 5.10 Å². The minimum atomic E-state index is -3.62. The molecule has 2 rings (SSSR count). The van der Waals surface area contributed by atoms with Gasteiger partial charge in [0.1, 0.15) is 16.4 Å². The van der Waals surface area contributed by atoms with Crippen molar-refractivity contribution >= 4 is 10.0 Å². The van der Waals surface area contributed by atoms with Crippen LogP contribution >= 0.6 is 0 Å². The van der Waals surface area contributed by atoms with Gasteiger partial charge in [-0.1, -0.05) is 0 Å². The summed E-state index contributed by atoms with van der Waals surface area (Å²) >= 11 is 0. The molecule has 116 valence electrons. The van der Waals surface area contributed by atoms with Crippen molar-refractivity contribution in [2.45, 2.75) is 31.3 Å². The normalized spacial score (nSPS) is 13.5. The van der Waals surface area contributed by atoms with Gasteiger partial charge in [0.25, 0.3) is 0 Å². The largest absolute Gasteiger partial charge is 0.465 e. The van der Waals surface area contributed by atoms with Gasteiger partial charge in [0, 0.05) is 12.7 Å². The highest BCUT2D eigenvalue weighted by Crippen LogP contribution is 2.18. The maximum atomic E-state index is 12.3. The highest BCUT2D eigenvalue weighted by atomic mass is 32.2. The second-order valence-electron chi connectivity index (χ2n) is 4.83. The van der Waals surface area contributed by atoms with Crippen molar-refractivity contribution in [2.24, 2.45) is 0 Å². The Kier molecular flexibility index (Phi) is 4.81. The van der Waals surface area contributed by atoms with Crippen LogP contribution in [0.15, 0.2) is 33.8 Å². The molecule has 0 fully saturated rings. The van der Waals surface area contributed by atoms with Crippen molar-refractivity contribution in [3.05, 3.63) is 36.0 Å². The van der Waals surface area contributed by atoms with E-state index in [9.17, 15) is 8.42 Å². The molecule has 0 aromatic carbocycles. The summed E-state index contributed by atoms with van der Waals surface area (Å²) in [7, 11) is -1.79. The fourth-order valence-electron chi connectivity index (χ4n) is 1.88. The van der Waals surface area contributed by atoms with Crippen LogP contribution in [-0.4, -0.2) is 31.8 Å². The number of likely N-dealkylation sites (N-methyl/N-ethyl adjacent to an activating group) is 1. The van der Waals surface area contributed by atoms with Crippen LogP contribution in [0.5, 0.6) is 0 Å². The molecule has 0 bridgehead atoms. The Labute approximate surface area is 124 Å². The van der Waals surface area contributed by atoms with Gasteiger partial charge in [0.05, 0.1) is 18.8 Å². The zero-order chi connectivity index (χ0) is 15.5. The van der Waals surface area contributed by atoms with E-state index < -0.39 is 16.1 Å². The number of nitrogens with one attached hydrogen (secondary N) is 2. The number of sulfonamides is 1. The predicted molar refractivity (Wildman–Crippen MR) is 78.3 cm³/mol. The van der Waals surface area contributed by atoms with E-state index in [1.807, 2.05) is 14.0 Å². The Morgan fingerprint density at radius 1 is 1.43 bits per heavy atom. The Morgan fingerprint density at radius 2 is 2.19 bits per heavy atom. The Morgan fingerprint density at radius 3 is 2.81 bits per heavy atom. The molecule has 0 saturated carbocycles. The number of nitrogens with zero attached hydrogens (tertiary/aromatic N) is 2. The Hall–Kier alpha value is -1.64. The molecule has 21 heavy (non-hydrogen) atoms. The van der Waals surface area contributed by atoms with Gasteiger partial charge in [0.2, 0.25) is 10.0 Å². The van der Waals surface area contributed by atoms with Crippen molar-refractivity contribution in [1.82, 2.24) is 19.8 Å². The molecule has 2 aromatic heterocycles. The summed E-state index contributed by atoms with van der Waals surface area (Å²) in [5.74, 6) is 1.33. The van der Waals surface area contributed by atoms with Crippen LogP contribution in [0.4, 0.5) is 0 Å². The Bertz CT molecular complexity index is 690. The first-order chi connectivity index (χ1) is 9.92. The number of rotatable bonds is 7. The quantitative estimate of drug-likeness (QED) is 0.797. The minimum Gasteiger partial charge on any atom is -0.465 e. The smallest absolute Gasteiger partial charge is 0.244 e. The highest BCUT2D eigenvalue weighted by molar-refractivity contribution is 7.89. The van der Waals surface area contributed by atoms with Gasteiger partial charge < -0.3 is 9.73 Å². The molecule has 1 unspecified atom stereocenters. The van der Waals surface area contributed by atoms with E-state index in [-0.39, 0.29) is 4.90 Å². The second-order valence-corrected chi connectivity index (χ2v) is 6.55. The lowest BCUT2D eigenvalue weighted by atomic mass is 10.3.